The Hall–Kier alpha value is -2.96. The maximum Gasteiger partial charge on any atom is 0.339 e. The Kier molecular flexibility index (Phi) is 6.45. The third kappa shape index (κ3) is 5.27. The third-order valence-electron chi connectivity index (χ3n) is 3.50. The summed E-state index contributed by atoms with van der Waals surface area (Å²) in [6.45, 7) is 5.06. The molecule has 0 aliphatic heterocycles. The zero-order chi connectivity index (χ0) is 18.2. The van der Waals surface area contributed by atoms with Gasteiger partial charge in [0.1, 0.15) is 0 Å². The van der Waals surface area contributed by atoms with Gasteiger partial charge in [0.2, 0.25) is 5.95 Å². The molecule has 0 spiro atoms. The van der Waals surface area contributed by atoms with Crippen LogP contribution in [0.1, 0.15) is 41.0 Å². The molecule has 0 unspecified atom stereocenters. The van der Waals surface area contributed by atoms with E-state index in [1.807, 2.05) is 0 Å². The zero-order valence-electron chi connectivity index (χ0n) is 14.6. The number of rotatable bonds is 7. The topological polar surface area (TPSA) is 93.2 Å². The maximum absolute atomic E-state index is 12.3. The number of esters is 1. The Morgan fingerprint density at radius 1 is 1.16 bits per heavy atom. The Morgan fingerprint density at radius 3 is 2.48 bits per heavy atom. The van der Waals surface area contributed by atoms with Gasteiger partial charge in [-0.1, -0.05) is 26.0 Å². The lowest BCUT2D eigenvalue weighted by atomic mass is 10.1. The van der Waals surface area contributed by atoms with Crippen molar-refractivity contribution in [2.45, 2.75) is 20.3 Å². The van der Waals surface area contributed by atoms with Crippen LogP contribution in [0.15, 0.2) is 36.7 Å². The fraction of sp³-hybridized carbons (Fsp3) is 0.333. The first-order valence-electron chi connectivity index (χ1n) is 8.06. The molecule has 0 bridgehead atoms. The molecule has 0 saturated carbocycles. The lowest BCUT2D eigenvalue weighted by molar-refractivity contribution is 0.0602. The molecule has 1 aromatic carbocycles. The third-order valence-corrected chi connectivity index (χ3v) is 3.50. The minimum absolute atomic E-state index is 0.284. The van der Waals surface area contributed by atoms with Gasteiger partial charge >= 0.3 is 5.97 Å². The number of carbonyl (C=O) groups excluding carboxylic acids is 2. The standard InChI is InChI=1S/C18H22N4O3/c1-12(2)8-9-19-18-20-10-13(11-21-18)16(23)22-15-7-5-4-6-14(15)17(24)25-3/h4-7,10-12H,8-9H2,1-3H3,(H,22,23)(H,19,20,21). The molecule has 7 nitrogen and oxygen atoms in total. The Bertz CT molecular complexity index is 729. The van der Waals surface area contributed by atoms with E-state index in [0.29, 0.717) is 23.1 Å². The summed E-state index contributed by atoms with van der Waals surface area (Å²) in [4.78, 5) is 32.3. The van der Waals surface area contributed by atoms with Crippen molar-refractivity contribution in [3.8, 4) is 0 Å². The molecule has 132 valence electrons. The van der Waals surface area contributed by atoms with Gasteiger partial charge in [-0.05, 0) is 24.5 Å². The van der Waals surface area contributed by atoms with Crippen LogP contribution in [-0.2, 0) is 4.74 Å². The maximum atomic E-state index is 12.3. The van der Waals surface area contributed by atoms with E-state index in [4.69, 9.17) is 4.74 Å². The SMILES string of the molecule is COC(=O)c1ccccc1NC(=O)c1cnc(NCCC(C)C)nc1. The minimum Gasteiger partial charge on any atom is -0.465 e. The Balaban J connectivity index is 2.03. The number of nitrogens with one attached hydrogen (secondary N) is 2. The van der Waals surface area contributed by atoms with Crippen molar-refractivity contribution in [3.63, 3.8) is 0 Å². The second-order valence-corrected chi connectivity index (χ2v) is 5.90. The first-order valence-corrected chi connectivity index (χ1v) is 8.06. The molecule has 1 heterocycles. The van der Waals surface area contributed by atoms with E-state index in [-0.39, 0.29) is 5.56 Å². The molecule has 0 aliphatic carbocycles. The average molecular weight is 342 g/mol. The molecular weight excluding hydrogens is 320 g/mol. The fourth-order valence-electron chi connectivity index (χ4n) is 2.08. The number of para-hydroxylation sites is 1. The summed E-state index contributed by atoms with van der Waals surface area (Å²) in [5, 5.41) is 5.79. The summed E-state index contributed by atoms with van der Waals surface area (Å²) >= 11 is 0. The monoisotopic (exact) mass is 342 g/mol. The van der Waals surface area contributed by atoms with E-state index in [2.05, 4.69) is 34.4 Å². The number of benzene rings is 1. The molecule has 7 heteroatoms. The van der Waals surface area contributed by atoms with Crippen molar-refractivity contribution >= 4 is 23.5 Å². The molecule has 0 aliphatic rings. The van der Waals surface area contributed by atoms with Crippen molar-refractivity contribution in [1.29, 1.82) is 0 Å². The number of amides is 1. The predicted molar refractivity (Wildman–Crippen MR) is 95.7 cm³/mol. The van der Waals surface area contributed by atoms with Gasteiger partial charge < -0.3 is 15.4 Å². The van der Waals surface area contributed by atoms with Crippen LogP contribution in [0.2, 0.25) is 0 Å². The van der Waals surface area contributed by atoms with Crippen LogP contribution in [0, 0.1) is 5.92 Å². The van der Waals surface area contributed by atoms with E-state index < -0.39 is 11.9 Å². The van der Waals surface area contributed by atoms with Gasteiger partial charge in [0.05, 0.1) is 23.9 Å². The molecule has 2 N–H and O–H groups in total. The quantitative estimate of drug-likeness (QED) is 0.752. The van der Waals surface area contributed by atoms with Gasteiger partial charge in [0.15, 0.2) is 0 Å². The van der Waals surface area contributed by atoms with Crippen molar-refractivity contribution in [2.24, 2.45) is 5.92 Å². The summed E-state index contributed by atoms with van der Waals surface area (Å²) < 4.78 is 4.71. The number of aromatic nitrogens is 2. The van der Waals surface area contributed by atoms with Crippen LogP contribution < -0.4 is 10.6 Å². The number of nitrogens with zero attached hydrogens (tertiary/aromatic N) is 2. The smallest absolute Gasteiger partial charge is 0.339 e. The zero-order valence-corrected chi connectivity index (χ0v) is 14.6. The highest BCUT2D eigenvalue weighted by atomic mass is 16.5. The molecule has 2 aromatic rings. The molecule has 1 aromatic heterocycles. The highest BCUT2D eigenvalue weighted by Gasteiger charge is 2.14. The molecule has 0 radical (unpaired) electrons. The number of hydrogen-bond donors (Lipinski definition) is 2. The minimum atomic E-state index is -0.517. The largest absolute Gasteiger partial charge is 0.465 e. The van der Waals surface area contributed by atoms with Gasteiger partial charge in [0, 0.05) is 18.9 Å². The van der Waals surface area contributed by atoms with Gasteiger partial charge in [-0.15, -0.1) is 0 Å². The van der Waals surface area contributed by atoms with Crippen molar-refractivity contribution in [2.75, 3.05) is 24.3 Å². The summed E-state index contributed by atoms with van der Waals surface area (Å²) in [6, 6.07) is 6.63. The average Bonchev–Trinajstić information content (AvgIpc) is 2.61. The van der Waals surface area contributed by atoms with E-state index >= 15 is 0 Å². The molecule has 1 amide bonds. The van der Waals surface area contributed by atoms with Crippen molar-refractivity contribution in [1.82, 2.24) is 9.97 Å². The Morgan fingerprint density at radius 2 is 1.84 bits per heavy atom. The fourth-order valence-corrected chi connectivity index (χ4v) is 2.08. The van der Waals surface area contributed by atoms with Crippen LogP contribution in [-0.4, -0.2) is 35.5 Å². The van der Waals surface area contributed by atoms with Crippen LogP contribution >= 0.6 is 0 Å². The van der Waals surface area contributed by atoms with Gasteiger partial charge in [-0.2, -0.15) is 0 Å². The van der Waals surface area contributed by atoms with Crippen molar-refractivity contribution < 1.29 is 14.3 Å². The van der Waals surface area contributed by atoms with Crippen LogP contribution in [0.4, 0.5) is 11.6 Å². The number of hydrogen-bond acceptors (Lipinski definition) is 6. The number of ether oxygens (including phenoxy) is 1. The molecule has 2 rings (SSSR count). The highest BCUT2D eigenvalue weighted by molar-refractivity contribution is 6.07. The highest BCUT2D eigenvalue weighted by Crippen LogP contribution is 2.17. The summed E-state index contributed by atoms with van der Waals surface area (Å²) in [5.74, 6) is 0.154. The van der Waals surface area contributed by atoms with E-state index in [1.54, 1.807) is 24.3 Å². The molecule has 0 saturated heterocycles. The number of anilines is 2. The van der Waals surface area contributed by atoms with E-state index in [9.17, 15) is 9.59 Å². The first-order chi connectivity index (χ1) is 12.0. The number of methoxy groups -OCH3 is 1. The lowest BCUT2D eigenvalue weighted by Crippen LogP contribution is -2.16. The lowest BCUT2D eigenvalue weighted by Gasteiger charge is -2.10. The molecule has 25 heavy (non-hydrogen) atoms. The summed E-state index contributed by atoms with van der Waals surface area (Å²) in [6.07, 6.45) is 3.90. The molecule has 0 fully saturated rings. The summed E-state index contributed by atoms with van der Waals surface area (Å²) in [7, 11) is 1.29. The van der Waals surface area contributed by atoms with E-state index in [1.165, 1.54) is 19.5 Å². The Labute approximate surface area is 146 Å². The summed E-state index contributed by atoms with van der Waals surface area (Å²) in [5.41, 5.74) is 0.957. The second kappa shape index (κ2) is 8.77. The van der Waals surface area contributed by atoms with Crippen LogP contribution in [0.5, 0.6) is 0 Å². The molecule has 0 atom stereocenters. The predicted octanol–water partition coefficient (Wildman–Crippen LogP) is 2.97. The van der Waals surface area contributed by atoms with Crippen LogP contribution in [0.3, 0.4) is 0 Å². The molecular formula is C18H22N4O3. The van der Waals surface area contributed by atoms with Gasteiger partial charge in [-0.25, -0.2) is 14.8 Å². The van der Waals surface area contributed by atoms with Gasteiger partial charge in [0.25, 0.3) is 5.91 Å². The number of carbonyl (C=O) groups is 2. The normalized spacial score (nSPS) is 10.4. The van der Waals surface area contributed by atoms with Crippen molar-refractivity contribution in [3.05, 3.63) is 47.8 Å². The van der Waals surface area contributed by atoms with E-state index in [0.717, 1.165) is 13.0 Å². The first kappa shape index (κ1) is 18.4. The van der Waals surface area contributed by atoms with Crippen LogP contribution in [0.25, 0.3) is 0 Å². The second-order valence-electron chi connectivity index (χ2n) is 5.90. The van der Waals surface area contributed by atoms with Gasteiger partial charge in [-0.3, -0.25) is 4.79 Å².